The molecule has 0 fully saturated rings. The Morgan fingerprint density at radius 3 is 0.971 bits per heavy atom. The maximum Gasteiger partial charge on any atom is 0.306 e. The van der Waals surface area contributed by atoms with Crippen molar-refractivity contribution in [1.29, 1.82) is 0 Å². The van der Waals surface area contributed by atoms with E-state index in [1.54, 1.807) is 0 Å². The summed E-state index contributed by atoms with van der Waals surface area (Å²) in [7, 11) is 0. The predicted molar refractivity (Wildman–Crippen MR) is 293 cm³/mol. The standard InChI is InChI=1S/C62H104O6/c1-4-7-10-13-16-19-22-24-26-28-29-30-31-32-33-35-36-38-40-43-46-49-52-55-61(64)67-58-59(57-66-60(63)54-51-48-45-42-21-18-15-12-9-6-3)68-62(65)56-53-50-47-44-41-39-37-34-27-25-23-20-17-14-11-8-5-2/h7,10,12,15-17,19-20,24-27,29-30,32-33,59H,4-6,8-9,11,13-14,18,21-23,28,31,34-58H2,1-3H3/b10-7-,15-12-,19-16-,20-17-,26-24-,27-25-,30-29-,33-32-. The van der Waals surface area contributed by atoms with Gasteiger partial charge in [0.2, 0.25) is 0 Å². The number of rotatable bonds is 50. The van der Waals surface area contributed by atoms with Gasteiger partial charge in [-0.15, -0.1) is 0 Å². The molecule has 0 rings (SSSR count). The van der Waals surface area contributed by atoms with Crippen LogP contribution >= 0.6 is 0 Å². The van der Waals surface area contributed by atoms with Gasteiger partial charge in [-0.2, -0.15) is 0 Å². The lowest BCUT2D eigenvalue weighted by Gasteiger charge is -2.18. The van der Waals surface area contributed by atoms with Crippen molar-refractivity contribution < 1.29 is 28.6 Å². The summed E-state index contributed by atoms with van der Waals surface area (Å²) in [5.41, 5.74) is 0. The Balaban J connectivity index is 4.34. The van der Waals surface area contributed by atoms with Gasteiger partial charge in [-0.25, -0.2) is 0 Å². The first-order valence-electron chi connectivity index (χ1n) is 28.2. The second-order valence-electron chi connectivity index (χ2n) is 18.5. The minimum absolute atomic E-state index is 0.0893. The van der Waals surface area contributed by atoms with Crippen LogP contribution in [0.5, 0.6) is 0 Å². The van der Waals surface area contributed by atoms with E-state index in [4.69, 9.17) is 14.2 Å². The third kappa shape index (κ3) is 53.3. The lowest BCUT2D eigenvalue weighted by molar-refractivity contribution is -0.167. The molecular formula is C62H104O6. The fourth-order valence-corrected chi connectivity index (χ4v) is 7.56. The molecule has 0 N–H and O–H groups in total. The van der Waals surface area contributed by atoms with Gasteiger partial charge in [0.15, 0.2) is 6.10 Å². The van der Waals surface area contributed by atoms with Gasteiger partial charge in [0, 0.05) is 19.3 Å². The highest BCUT2D eigenvalue weighted by Crippen LogP contribution is 2.14. The van der Waals surface area contributed by atoms with Crippen molar-refractivity contribution in [1.82, 2.24) is 0 Å². The normalized spacial score (nSPS) is 12.8. The maximum absolute atomic E-state index is 12.8. The smallest absolute Gasteiger partial charge is 0.306 e. The molecule has 6 nitrogen and oxygen atoms in total. The third-order valence-corrected chi connectivity index (χ3v) is 11.8. The van der Waals surface area contributed by atoms with Gasteiger partial charge in [0.05, 0.1) is 0 Å². The molecule has 0 aromatic rings. The molecule has 0 aliphatic rings. The highest BCUT2D eigenvalue weighted by molar-refractivity contribution is 5.71. The first-order chi connectivity index (χ1) is 33.5. The number of esters is 3. The molecule has 0 amide bonds. The molecular weight excluding hydrogens is 841 g/mol. The Labute approximate surface area is 419 Å². The SMILES string of the molecule is CC/C=C\C/C=C\C/C=C\C/C=C\C/C=C\CCCCCCCCCC(=O)OCC(COC(=O)CCCCCCC/C=C\CCC)OC(=O)CCCCCCCCC/C=C\C/C=C\CCCCC. The molecule has 68 heavy (non-hydrogen) atoms. The first-order valence-corrected chi connectivity index (χ1v) is 28.2. The van der Waals surface area contributed by atoms with Crippen LogP contribution in [0.2, 0.25) is 0 Å². The Hall–Kier alpha value is -3.67. The van der Waals surface area contributed by atoms with E-state index in [2.05, 4.69) is 118 Å². The third-order valence-electron chi connectivity index (χ3n) is 11.8. The molecule has 0 aliphatic carbocycles. The number of allylic oxidation sites excluding steroid dienone is 16. The summed E-state index contributed by atoms with van der Waals surface area (Å²) in [4.78, 5) is 38.1. The summed E-state index contributed by atoms with van der Waals surface area (Å²) < 4.78 is 16.8. The summed E-state index contributed by atoms with van der Waals surface area (Å²) in [6.07, 6.45) is 74.0. The molecule has 1 unspecified atom stereocenters. The number of carbonyl (C=O) groups is 3. The molecule has 0 aliphatic heterocycles. The average molecular weight is 946 g/mol. The van der Waals surface area contributed by atoms with Crippen LogP contribution in [0.4, 0.5) is 0 Å². The van der Waals surface area contributed by atoms with Gasteiger partial charge in [-0.1, -0.05) is 221 Å². The molecule has 0 radical (unpaired) electrons. The van der Waals surface area contributed by atoms with E-state index < -0.39 is 6.10 Å². The fraction of sp³-hybridized carbons (Fsp3) is 0.694. The summed E-state index contributed by atoms with van der Waals surface area (Å²) in [6, 6.07) is 0. The van der Waals surface area contributed by atoms with Crippen LogP contribution in [0.1, 0.15) is 258 Å². The zero-order valence-electron chi connectivity index (χ0n) is 44.3. The summed E-state index contributed by atoms with van der Waals surface area (Å²) >= 11 is 0. The number of hydrogen-bond donors (Lipinski definition) is 0. The van der Waals surface area contributed by atoms with Gasteiger partial charge < -0.3 is 14.2 Å². The Bertz CT molecular complexity index is 1360. The van der Waals surface area contributed by atoms with Crippen molar-refractivity contribution in [3.05, 3.63) is 97.2 Å². The lowest BCUT2D eigenvalue weighted by Crippen LogP contribution is -2.30. The molecule has 6 heteroatoms. The Kier molecular flexibility index (Phi) is 52.9. The number of ether oxygens (including phenoxy) is 3. The van der Waals surface area contributed by atoms with Gasteiger partial charge in [0.25, 0.3) is 0 Å². The van der Waals surface area contributed by atoms with Crippen LogP contribution in [0.3, 0.4) is 0 Å². The second-order valence-corrected chi connectivity index (χ2v) is 18.5. The minimum Gasteiger partial charge on any atom is -0.462 e. The Morgan fingerprint density at radius 2 is 0.603 bits per heavy atom. The summed E-state index contributed by atoms with van der Waals surface area (Å²) in [5, 5.41) is 0. The topological polar surface area (TPSA) is 78.9 Å². The van der Waals surface area contributed by atoms with Crippen LogP contribution in [-0.2, 0) is 28.6 Å². The monoisotopic (exact) mass is 945 g/mol. The zero-order chi connectivity index (χ0) is 49.3. The largest absolute Gasteiger partial charge is 0.462 e. The van der Waals surface area contributed by atoms with Gasteiger partial charge in [0.1, 0.15) is 13.2 Å². The molecule has 0 aromatic carbocycles. The highest BCUT2D eigenvalue weighted by Gasteiger charge is 2.19. The van der Waals surface area contributed by atoms with Crippen molar-refractivity contribution in [2.24, 2.45) is 0 Å². The van der Waals surface area contributed by atoms with E-state index in [9.17, 15) is 14.4 Å². The first kappa shape index (κ1) is 64.3. The molecule has 0 spiro atoms. The molecule has 0 aromatic heterocycles. The summed E-state index contributed by atoms with van der Waals surface area (Å²) in [5.74, 6) is -0.917. The van der Waals surface area contributed by atoms with Crippen LogP contribution in [0.15, 0.2) is 97.2 Å². The van der Waals surface area contributed by atoms with Crippen molar-refractivity contribution >= 4 is 17.9 Å². The van der Waals surface area contributed by atoms with Gasteiger partial charge >= 0.3 is 17.9 Å². The van der Waals surface area contributed by atoms with E-state index in [0.717, 1.165) is 128 Å². The highest BCUT2D eigenvalue weighted by atomic mass is 16.6. The molecule has 388 valence electrons. The number of carbonyl (C=O) groups excluding carboxylic acids is 3. The quantitative estimate of drug-likeness (QED) is 0.0262. The van der Waals surface area contributed by atoms with E-state index in [0.29, 0.717) is 19.3 Å². The van der Waals surface area contributed by atoms with Crippen LogP contribution < -0.4 is 0 Å². The van der Waals surface area contributed by atoms with Gasteiger partial charge in [-0.3, -0.25) is 14.4 Å². The zero-order valence-corrected chi connectivity index (χ0v) is 44.3. The molecule has 0 saturated carbocycles. The van der Waals surface area contributed by atoms with Crippen molar-refractivity contribution in [2.45, 2.75) is 264 Å². The second kappa shape index (κ2) is 55.9. The number of hydrogen-bond acceptors (Lipinski definition) is 6. The van der Waals surface area contributed by atoms with Crippen LogP contribution in [-0.4, -0.2) is 37.2 Å². The van der Waals surface area contributed by atoms with E-state index in [-0.39, 0.29) is 31.1 Å². The predicted octanol–water partition coefficient (Wildman–Crippen LogP) is 18.9. The fourth-order valence-electron chi connectivity index (χ4n) is 7.56. The van der Waals surface area contributed by atoms with Crippen molar-refractivity contribution in [3.63, 3.8) is 0 Å². The minimum atomic E-state index is -0.790. The van der Waals surface area contributed by atoms with Crippen molar-refractivity contribution in [2.75, 3.05) is 13.2 Å². The van der Waals surface area contributed by atoms with E-state index >= 15 is 0 Å². The maximum atomic E-state index is 12.8. The molecule has 0 saturated heterocycles. The molecule has 0 bridgehead atoms. The summed E-state index contributed by atoms with van der Waals surface area (Å²) in [6.45, 7) is 6.42. The number of unbranched alkanes of at least 4 members (excludes halogenated alkanes) is 23. The average Bonchev–Trinajstić information content (AvgIpc) is 3.34. The van der Waals surface area contributed by atoms with Gasteiger partial charge in [-0.05, 0) is 116 Å². The Morgan fingerprint density at radius 1 is 0.309 bits per heavy atom. The van der Waals surface area contributed by atoms with Crippen molar-refractivity contribution in [3.8, 4) is 0 Å². The van der Waals surface area contributed by atoms with E-state index in [1.165, 1.54) is 89.9 Å². The van der Waals surface area contributed by atoms with E-state index in [1.807, 2.05) is 0 Å². The molecule has 0 heterocycles. The molecule has 1 atom stereocenters. The van der Waals surface area contributed by atoms with Crippen LogP contribution in [0.25, 0.3) is 0 Å². The van der Waals surface area contributed by atoms with Crippen LogP contribution in [0, 0.1) is 0 Å². The lowest BCUT2D eigenvalue weighted by atomic mass is 10.1.